The van der Waals surface area contributed by atoms with E-state index in [1.807, 2.05) is 0 Å². The maximum Gasteiger partial charge on any atom is 0.348 e. The first-order valence-corrected chi connectivity index (χ1v) is 4.00. The molecule has 1 rings (SSSR count). The van der Waals surface area contributed by atoms with Crippen LogP contribution in [0.4, 0.5) is 0 Å². The molecule has 0 aromatic heterocycles. The molecule has 4 heteroatoms. The lowest BCUT2D eigenvalue weighted by molar-refractivity contribution is -0.175. The Bertz CT molecular complexity index is 303. The van der Waals surface area contributed by atoms with Gasteiger partial charge in [-0.2, -0.15) is 0 Å². The summed E-state index contributed by atoms with van der Waals surface area (Å²) in [6.07, 6.45) is 0.264. The molecule has 0 fully saturated rings. The molecule has 0 saturated carbocycles. The van der Waals surface area contributed by atoms with E-state index in [1.54, 1.807) is 13.8 Å². The van der Waals surface area contributed by atoms with Gasteiger partial charge in [0.2, 0.25) is 5.60 Å². The van der Waals surface area contributed by atoms with Gasteiger partial charge in [0, 0.05) is 12.0 Å². The van der Waals surface area contributed by atoms with E-state index in [-0.39, 0.29) is 6.42 Å². The van der Waals surface area contributed by atoms with Crippen LogP contribution in [0.5, 0.6) is 0 Å². The molecule has 0 radical (unpaired) electrons. The van der Waals surface area contributed by atoms with Gasteiger partial charge in [0.05, 0.1) is 0 Å². The van der Waals surface area contributed by atoms with E-state index in [0.29, 0.717) is 5.57 Å². The minimum Gasteiger partial charge on any atom is -0.478 e. The zero-order valence-corrected chi connectivity index (χ0v) is 7.88. The second-order valence-electron chi connectivity index (χ2n) is 3.51. The number of carboxylic acid groups (broad SMARTS) is 1. The summed E-state index contributed by atoms with van der Waals surface area (Å²) in [6.45, 7) is 4.79. The number of aliphatic carboxylic acids is 1. The molecule has 0 spiro atoms. The standard InChI is InChI=1S/C9H12O4/c1-5-4-9(3,8(11)12)13-7(10)6(5)2/h4H2,1-3H3,(H,11,12). The summed E-state index contributed by atoms with van der Waals surface area (Å²) in [5.41, 5.74) is -0.0967. The molecule has 1 unspecified atom stereocenters. The minimum atomic E-state index is -1.39. The van der Waals surface area contributed by atoms with Gasteiger partial charge in [0.25, 0.3) is 0 Å². The normalized spacial score (nSPS) is 28.7. The number of cyclic esters (lactones) is 1. The predicted octanol–water partition coefficient (Wildman–Crippen LogP) is 1.11. The molecule has 0 aromatic carbocycles. The first-order valence-electron chi connectivity index (χ1n) is 4.00. The molecule has 0 aromatic rings. The molecular weight excluding hydrogens is 172 g/mol. The van der Waals surface area contributed by atoms with Crippen molar-refractivity contribution in [3.8, 4) is 0 Å². The van der Waals surface area contributed by atoms with Crippen molar-refractivity contribution in [2.45, 2.75) is 32.8 Å². The topological polar surface area (TPSA) is 63.6 Å². The van der Waals surface area contributed by atoms with Gasteiger partial charge < -0.3 is 9.84 Å². The van der Waals surface area contributed by atoms with Gasteiger partial charge in [-0.1, -0.05) is 5.57 Å². The van der Waals surface area contributed by atoms with Crippen LogP contribution in [0.1, 0.15) is 27.2 Å². The third kappa shape index (κ3) is 1.56. The van der Waals surface area contributed by atoms with Crippen molar-refractivity contribution < 1.29 is 19.4 Å². The van der Waals surface area contributed by atoms with Gasteiger partial charge in [-0.15, -0.1) is 0 Å². The van der Waals surface area contributed by atoms with Gasteiger partial charge in [-0.05, 0) is 20.8 Å². The lowest BCUT2D eigenvalue weighted by Gasteiger charge is -2.30. The molecule has 0 bridgehead atoms. The molecule has 72 valence electrons. The largest absolute Gasteiger partial charge is 0.478 e. The molecule has 0 saturated heterocycles. The summed E-state index contributed by atoms with van der Waals surface area (Å²) < 4.78 is 4.82. The van der Waals surface area contributed by atoms with E-state index >= 15 is 0 Å². The van der Waals surface area contributed by atoms with Gasteiger partial charge >= 0.3 is 11.9 Å². The molecule has 0 amide bonds. The maximum atomic E-state index is 11.2. The predicted molar refractivity (Wildman–Crippen MR) is 45.1 cm³/mol. The number of esters is 1. The zero-order chi connectivity index (χ0) is 10.2. The summed E-state index contributed by atoms with van der Waals surface area (Å²) >= 11 is 0. The smallest absolute Gasteiger partial charge is 0.348 e. The summed E-state index contributed by atoms with van der Waals surface area (Å²) in [5.74, 6) is -1.64. The fourth-order valence-electron chi connectivity index (χ4n) is 1.25. The first-order chi connectivity index (χ1) is 5.87. The van der Waals surface area contributed by atoms with Crippen molar-refractivity contribution in [3.05, 3.63) is 11.1 Å². The molecule has 1 aliphatic rings. The average Bonchev–Trinajstić information content (AvgIpc) is 2.00. The molecule has 1 heterocycles. The highest BCUT2D eigenvalue weighted by atomic mass is 16.6. The highest BCUT2D eigenvalue weighted by molar-refractivity contribution is 5.93. The molecule has 4 nitrogen and oxygen atoms in total. The number of carboxylic acids is 1. The summed E-state index contributed by atoms with van der Waals surface area (Å²) in [7, 11) is 0. The number of ether oxygens (including phenoxy) is 1. The second-order valence-corrected chi connectivity index (χ2v) is 3.51. The van der Waals surface area contributed by atoms with Crippen LogP contribution in [0.3, 0.4) is 0 Å². The van der Waals surface area contributed by atoms with Crippen molar-refractivity contribution in [3.63, 3.8) is 0 Å². The van der Waals surface area contributed by atoms with Crippen LogP contribution < -0.4 is 0 Å². The maximum absolute atomic E-state index is 11.2. The highest BCUT2D eigenvalue weighted by Crippen LogP contribution is 2.29. The van der Waals surface area contributed by atoms with E-state index in [9.17, 15) is 9.59 Å². The van der Waals surface area contributed by atoms with Crippen molar-refractivity contribution in [1.29, 1.82) is 0 Å². The molecule has 0 aliphatic carbocycles. The molecule has 1 atom stereocenters. The fraction of sp³-hybridized carbons (Fsp3) is 0.556. The molecule has 1 N–H and O–H groups in total. The van der Waals surface area contributed by atoms with E-state index in [2.05, 4.69) is 0 Å². The van der Waals surface area contributed by atoms with E-state index in [4.69, 9.17) is 9.84 Å². The number of carbonyl (C=O) groups excluding carboxylic acids is 1. The van der Waals surface area contributed by atoms with Crippen LogP contribution >= 0.6 is 0 Å². The Kier molecular flexibility index (Phi) is 2.15. The third-order valence-corrected chi connectivity index (χ3v) is 2.32. The van der Waals surface area contributed by atoms with Crippen LogP contribution in [0, 0.1) is 0 Å². The van der Waals surface area contributed by atoms with Crippen molar-refractivity contribution in [1.82, 2.24) is 0 Å². The number of hydrogen-bond acceptors (Lipinski definition) is 3. The lowest BCUT2D eigenvalue weighted by Crippen LogP contribution is -2.43. The summed E-state index contributed by atoms with van der Waals surface area (Å²) in [5, 5.41) is 8.82. The lowest BCUT2D eigenvalue weighted by atomic mass is 9.91. The zero-order valence-electron chi connectivity index (χ0n) is 7.88. The van der Waals surface area contributed by atoms with Gasteiger partial charge in [-0.25, -0.2) is 9.59 Å². The quantitative estimate of drug-likeness (QED) is 0.620. The monoisotopic (exact) mass is 184 g/mol. The van der Waals surface area contributed by atoms with E-state index in [0.717, 1.165) is 5.57 Å². The Balaban J connectivity index is 3.04. The SMILES string of the molecule is CC1=C(C)C(=O)OC(C)(C(=O)O)C1. The van der Waals surface area contributed by atoms with Gasteiger partial charge in [-0.3, -0.25) is 0 Å². The second kappa shape index (κ2) is 2.87. The van der Waals surface area contributed by atoms with Crippen LogP contribution in [0.25, 0.3) is 0 Å². The van der Waals surface area contributed by atoms with Crippen molar-refractivity contribution in [2.24, 2.45) is 0 Å². The number of hydrogen-bond donors (Lipinski definition) is 1. The number of rotatable bonds is 1. The van der Waals surface area contributed by atoms with Crippen LogP contribution in [0.15, 0.2) is 11.1 Å². The Morgan fingerprint density at radius 1 is 1.54 bits per heavy atom. The first kappa shape index (κ1) is 9.77. The number of carbonyl (C=O) groups is 2. The van der Waals surface area contributed by atoms with Gasteiger partial charge in [0.15, 0.2) is 0 Å². The fourth-order valence-corrected chi connectivity index (χ4v) is 1.25. The van der Waals surface area contributed by atoms with E-state index < -0.39 is 17.5 Å². The summed E-state index contributed by atoms with van der Waals surface area (Å²) in [4.78, 5) is 22.0. The van der Waals surface area contributed by atoms with Crippen LogP contribution in [-0.2, 0) is 14.3 Å². The molecule has 1 aliphatic heterocycles. The van der Waals surface area contributed by atoms with Crippen LogP contribution in [0.2, 0.25) is 0 Å². The Labute approximate surface area is 76.2 Å². The Morgan fingerprint density at radius 2 is 2.08 bits per heavy atom. The van der Waals surface area contributed by atoms with Crippen molar-refractivity contribution >= 4 is 11.9 Å². The van der Waals surface area contributed by atoms with Crippen LogP contribution in [-0.4, -0.2) is 22.6 Å². The summed E-state index contributed by atoms with van der Waals surface area (Å²) in [6, 6.07) is 0. The third-order valence-electron chi connectivity index (χ3n) is 2.32. The Hall–Kier alpha value is -1.32. The van der Waals surface area contributed by atoms with Gasteiger partial charge in [0.1, 0.15) is 0 Å². The minimum absolute atomic E-state index is 0.264. The molecular formula is C9H12O4. The van der Waals surface area contributed by atoms with E-state index in [1.165, 1.54) is 6.92 Å². The highest BCUT2D eigenvalue weighted by Gasteiger charge is 2.41. The molecule has 13 heavy (non-hydrogen) atoms. The average molecular weight is 184 g/mol. The van der Waals surface area contributed by atoms with Crippen molar-refractivity contribution in [2.75, 3.05) is 0 Å². The Morgan fingerprint density at radius 3 is 2.46 bits per heavy atom.